The highest BCUT2D eigenvalue weighted by Gasteiger charge is 2.20. The Kier molecular flexibility index (Phi) is 3.47. The van der Waals surface area contributed by atoms with Crippen LogP contribution in [0, 0.1) is 0 Å². The summed E-state index contributed by atoms with van der Waals surface area (Å²) in [5.74, 6) is -0.657. The molecule has 5 nitrogen and oxygen atoms in total. The highest BCUT2D eigenvalue weighted by molar-refractivity contribution is 7.86. The van der Waals surface area contributed by atoms with E-state index in [1.54, 1.807) is 0 Å². The third-order valence-corrected chi connectivity index (χ3v) is 2.37. The minimum atomic E-state index is -4.11. The Morgan fingerprint density at radius 1 is 1.64 bits per heavy atom. The molecule has 1 atom stereocenters. The molecule has 6 heteroatoms. The van der Waals surface area contributed by atoms with Gasteiger partial charge in [0.05, 0.1) is 18.8 Å². The summed E-state index contributed by atoms with van der Waals surface area (Å²) in [5, 5.41) is -1.10. The molecule has 0 fully saturated rings. The maximum Gasteiger partial charge on any atom is 0.306 e. The quantitative estimate of drug-likeness (QED) is 0.484. The van der Waals surface area contributed by atoms with Gasteiger partial charge in [0.15, 0.2) is 0 Å². The monoisotopic (exact) mass is 182 g/mol. The van der Waals surface area contributed by atoms with Crippen LogP contribution < -0.4 is 0 Å². The number of methoxy groups -OCH3 is 1. The molecule has 0 heterocycles. The predicted molar refractivity (Wildman–Crippen MR) is 37.6 cm³/mol. The predicted octanol–water partition coefficient (Wildman–Crippen LogP) is -0.174. The molecule has 0 radical (unpaired) electrons. The highest BCUT2D eigenvalue weighted by Crippen LogP contribution is 2.03. The van der Waals surface area contributed by atoms with Gasteiger partial charge in [0.1, 0.15) is 0 Å². The van der Waals surface area contributed by atoms with Gasteiger partial charge in [0.2, 0.25) is 0 Å². The van der Waals surface area contributed by atoms with Crippen molar-refractivity contribution in [1.29, 1.82) is 0 Å². The van der Waals surface area contributed by atoms with E-state index in [0.717, 1.165) is 7.11 Å². The molecular formula is C5H10O5S. The molecule has 0 saturated heterocycles. The van der Waals surface area contributed by atoms with Crippen LogP contribution in [0.5, 0.6) is 0 Å². The van der Waals surface area contributed by atoms with Gasteiger partial charge in [0.25, 0.3) is 10.1 Å². The van der Waals surface area contributed by atoms with Crippen LogP contribution in [0.3, 0.4) is 0 Å². The minimum Gasteiger partial charge on any atom is -0.469 e. The molecule has 0 amide bonds. The summed E-state index contributed by atoms with van der Waals surface area (Å²) < 4.78 is 33.3. The third kappa shape index (κ3) is 3.94. The Labute approximate surface area is 65.1 Å². The van der Waals surface area contributed by atoms with Gasteiger partial charge in [-0.15, -0.1) is 0 Å². The van der Waals surface area contributed by atoms with E-state index in [2.05, 4.69) is 4.74 Å². The van der Waals surface area contributed by atoms with Crippen LogP contribution in [-0.4, -0.2) is 31.3 Å². The van der Waals surface area contributed by atoms with Crippen LogP contribution in [0.1, 0.15) is 13.3 Å². The van der Waals surface area contributed by atoms with E-state index in [9.17, 15) is 13.2 Å². The molecule has 1 N–H and O–H groups in total. The van der Waals surface area contributed by atoms with Crippen molar-refractivity contribution in [3.63, 3.8) is 0 Å². The smallest absolute Gasteiger partial charge is 0.306 e. The first-order valence-electron chi connectivity index (χ1n) is 2.91. The summed E-state index contributed by atoms with van der Waals surface area (Å²) >= 11 is 0. The Morgan fingerprint density at radius 2 is 2.09 bits per heavy atom. The molecule has 0 aromatic heterocycles. The Bertz CT molecular complexity index is 229. The molecule has 0 rings (SSSR count). The first-order valence-corrected chi connectivity index (χ1v) is 4.41. The van der Waals surface area contributed by atoms with E-state index < -0.39 is 21.3 Å². The molecule has 0 aliphatic rings. The summed E-state index contributed by atoms with van der Waals surface area (Å²) in [6.07, 6.45) is -0.324. The number of hydrogen-bond acceptors (Lipinski definition) is 4. The van der Waals surface area contributed by atoms with E-state index in [1.807, 2.05) is 0 Å². The van der Waals surface area contributed by atoms with Crippen molar-refractivity contribution in [1.82, 2.24) is 0 Å². The Hall–Kier alpha value is -0.620. The molecule has 0 aromatic carbocycles. The van der Waals surface area contributed by atoms with Crippen LogP contribution in [0.2, 0.25) is 0 Å². The maximum atomic E-state index is 10.5. The summed E-state index contributed by atoms with van der Waals surface area (Å²) in [6.45, 7) is 1.23. The summed E-state index contributed by atoms with van der Waals surface area (Å²) in [6, 6.07) is 0. The second-order valence-electron chi connectivity index (χ2n) is 2.11. The fourth-order valence-electron chi connectivity index (χ4n) is 0.423. The van der Waals surface area contributed by atoms with Gasteiger partial charge in [-0.25, -0.2) is 0 Å². The zero-order chi connectivity index (χ0) is 9.07. The van der Waals surface area contributed by atoms with Gasteiger partial charge in [-0.05, 0) is 6.92 Å². The SMILES string of the molecule is COC(=O)CC(C)S(=O)(=O)O. The first kappa shape index (κ1) is 10.4. The number of esters is 1. The van der Waals surface area contributed by atoms with Crippen LogP contribution in [0.15, 0.2) is 0 Å². The average molecular weight is 182 g/mol. The van der Waals surface area contributed by atoms with Crippen LogP contribution in [0.4, 0.5) is 0 Å². The van der Waals surface area contributed by atoms with E-state index in [-0.39, 0.29) is 6.42 Å². The lowest BCUT2D eigenvalue weighted by molar-refractivity contribution is -0.140. The van der Waals surface area contributed by atoms with Gasteiger partial charge < -0.3 is 4.74 Å². The van der Waals surface area contributed by atoms with Crippen LogP contribution in [0.25, 0.3) is 0 Å². The van der Waals surface area contributed by atoms with Gasteiger partial charge in [-0.3, -0.25) is 9.35 Å². The van der Waals surface area contributed by atoms with Crippen LogP contribution >= 0.6 is 0 Å². The van der Waals surface area contributed by atoms with E-state index >= 15 is 0 Å². The lowest BCUT2D eigenvalue weighted by Crippen LogP contribution is -2.20. The van der Waals surface area contributed by atoms with Gasteiger partial charge in [-0.2, -0.15) is 8.42 Å². The number of carbonyl (C=O) groups is 1. The van der Waals surface area contributed by atoms with E-state index in [4.69, 9.17) is 4.55 Å². The zero-order valence-electron chi connectivity index (χ0n) is 6.27. The number of rotatable bonds is 3. The van der Waals surface area contributed by atoms with E-state index in [0.29, 0.717) is 0 Å². The van der Waals surface area contributed by atoms with Crippen LogP contribution in [-0.2, 0) is 19.6 Å². The molecule has 0 spiro atoms. The summed E-state index contributed by atoms with van der Waals surface area (Å²) in [5.41, 5.74) is 0. The fraction of sp³-hybridized carbons (Fsp3) is 0.800. The fourth-order valence-corrected chi connectivity index (χ4v) is 0.770. The summed E-state index contributed by atoms with van der Waals surface area (Å²) in [7, 11) is -2.96. The molecule has 0 aliphatic carbocycles. The number of carbonyl (C=O) groups excluding carboxylic acids is 1. The number of ether oxygens (including phenoxy) is 1. The molecule has 0 bridgehead atoms. The van der Waals surface area contributed by atoms with Crippen molar-refractivity contribution in [2.45, 2.75) is 18.6 Å². The lowest BCUT2D eigenvalue weighted by atomic mass is 10.3. The van der Waals surface area contributed by atoms with Crippen molar-refractivity contribution in [2.24, 2.45) is 0 Å². The van der Waals surface area contributed by atoms with Crippen molar-refractivity contribution < 1.29 is 22.5 Å². The Balaban J connectivity index is 4.10. The summed E-state index contributed by atoms with van der Waals surface area (Å²) in [4.78, 5) is 10.5. The molecule has 0 aromatic rings. The molecule has 1 unspecified atom stereocenters. The largest absolute Gasteiger partial charge is 0.469 e. The average Bonchev–Trinajstić information content (AvgIpc) is 1.85. The van der Waals surface area contributed by atoms with Gasteiger partial charge in [0, 0.05) is 0 Å². The lowest BCUT2D eigenvalue weighted by Gasteiger charge is -2.04. The molecule has 0 saturated carbocycles. The topological polar surface area (TPSA) is 80.7 Å². The maximum absolute atomic E-state index is 10.5. The van der Waals surface area contributed by atoms with Crippen molar-refractivity contribution in [3.8, 4) is 0 Å². The van der Waals surface area contributed by atoms with Crippen molar-refractivity contribution in [3.05, 3.63) is 0 Å². The van der Waals surface area contributed by atoms with Gasteiger partial charge in [-0.1, -0.05) is 0 Å². The zero-order valence-corrected chi connectivity index (χ0v) is 7.09. The second-order valence-corrected chi connectivity index (χ2v) is 3.94. The van der Waals surface area contributed by atoms with E-state index in [1.165, 1.54) is 6.92 Å². The second kappa shape index (κ2) is 3.68. The van der Waals surface area contributed by atoms with Crippen molar-refractivity contribution >= 4 is 16.1 Å². The third-order valence-electron chi connectivity index (χ3n) is 1.19. The normalized spacial score (nSPS) is 14.1. The van der Waals surface area contributed by atoms with Crippen molar-refractivity contribution in [2.75, 3.05) is 7.11 Å². The highest BCUT2D eigenvalue weighted by atomic mass is 32.2. The molecular weight excluding hydrogens is 172 g/mol. The Morgan fingerprint density at radius 3 is 2.36 bits per heavy atom. The standard InChI is InChI=1S/C5H10O5S/c1-4(11(7,8)9)3-5(6)10-2/h4H,3H2,1-2H3,(H,7,8,9). The molecule has 0 aliphatic heterocycles. The molecule has 66 valence electrons. The van der Waals surface area contributed by atoms with Gasteiger partial charge >= 0.3 is 5.97 Å². The minimum absolute atomic E-state index is 0.324. The molecule has 11 heavy (non-hydrogen) atoms. The number of hydrogen-bond donors (Lipinski definition) is 1. The first-order chi connectivity index (χ1) is 4.88.